The standard InChI is InChI=1S/C11H15N3O3/c1-6-4-13-11(17-6)7(2)14-10(16)8-3-9(15)12-5-8/h4,7-8H,3,5H2,1-2H3,(H,12,15)(H,14,16). The van der Waals surface area contributed by atoms with E-state index in [-0.39, 0.29) is 30.2 Å². The van der Waals surface area contributed by atoms with Crippen LogP contribution < -0.4 is 10.6 Å². The van der Waals surface area contributed by atoms with Crippen molar-refractivity contribution in [3.05, 3.63) is 17.8 Å². The van der Waals surface area contributed by atoms with Gasteiger partial charge in [0.05, 0.1) is 12.1 Å². The van der Waals surface area contributed by atoms with E-state index >= 15 is 0 Å². The van der Waals surface area contributed by atoms with E-state index in [4.69, 9.17) is 4.42 Å². The van der Waals surface area contributed by atoms with Crippen LogP contribution in [-0.4, -0.2) is 23.3 Å². The minimum Gasteiger partial charge on any atom is -0.444 e. The zero-order valence-electron chi connectivity index (χ0n) is 9.82. The van der Waals surface area contributed by atoms with Gasteiger partial charge in [0.2, 0.25) is 17.7 Å². The Morgan fingerprint density at radius 1 is 1.71 bits per heavy atom. The quantitative estimate of drug-likeness (QED) is 0.791. The van der Waals surface area contributed by atoms with E-state index in [1.54, 1.807) is 20.0 Å². The highest BCUT2D eigenvalue weighted by Crippen LogP contribution is 2.15. The normalized spacial score (nSPS) is 21.1. The summed E-state index contributed by atoms with van der Waals surface area (Å²) in [6.07, 6.45) is 1.86. The molecule has 0 spiro atoms. The summed E-state index contributed by atoms with van der Waals surface area (Å²) >= 11 is 0. The maximum absolute atomic E-state index is 11.8. The first kappa shape index (κ1) is 11.6. The molecule has 1 fully saturated rings. The lowest BCUT2D eigenvalue weighted by Gasteiger charge is -2.13. The number of aromatic nitrogens is 1. The van der Waals surface area contributed by atoms with Gasteiger partial charge in [-0.15, -0.1) is 0 Å². The first-order valence-electron chi connectivity index (χ1n) is 5.55. The zero-order chi connectivity index (χ0) is 12.4. The van der Waals surface area contributed by atoms with E-state index < -0.39 is 0 Å². The number of carbonyl (C=O) groups excluding carboxylic acids is 2. The van der Waals surface area contributed by atoms with Crippen LogP contribution in [0.2, 0.25) is 0 Å². The average molecular weight is 237 g/mol. The zero-order valence-corrected chi connectivity index (χ0v) is 9.82. The lowest BCUT2D eigenvalue weighted by atomic mass is 10.1. The van der Waals surface area contributed by atoms with Crippen LogP contribution in [0, 0.1) is 12.8 Å². The molecular formula is C11H15N3O3. The predicted octanol–water partition coefficient (Wildman–Crippen LogP) is 0.296. The Hall–Kier alpha value is -1.85. The van der Waals surface area contributed by atoms with Crippen molar-refractivity contribution in [3.63, 3.8) is 0 Å². The fourth-order valence-corrected chi connectivity index (χ4v) is 1.76. The maximum atomic E-state index is 11.8. The molecular weight excluding hydrogens is 222 g/mol. The molecule has 6 nitrogen and oxygen atoms in total. The predicted molar refractivity (Wildman–Crippen MR) is 58.9 cm³/mol. The van der Waals surface area contributed by atoms with Gasteiger partial charge in [0.1, 0.15) is 11.8 Å². The molecule has 1 saturated heterocycles. The Morgan fingerprint density at radius 2 is 2.47 bits per heavy atom. The summed E-state index contributed by atoms with van der Waals surface area (Å²) in [6.45, 7) is 4.00. The van der Waals surface area contributed by atoms with Gasteiger partial charge >= 0.3 is 0 Å². The van der Waals surface area contributed by atoms with Crippen molar-refractivity contribution in [2.24, 2.45) is 5.92 Å². The molecule has 2 amide bonds. The Bertz CT molecular complexity index is 441. The molecule has 0 bridgehead atoms. The Morgan fingerprint density at radius 3 is 3.00 bits per heavy atom. The van der Waals surface area contributed by atoms with Crippen LogP contribution in [0.3, 0.4) is 0 Å². The lowest BCUT2D eigenvalue weighted by molar-refractivity contribution is -0.127. The van der Waals surface area contributed by atoms with Crippen molar-refractivity contribution >= 4 is 11.8 Å². The molecule has 17 heavy (non-hydrogen) atoms. The summed E-state index contributed by atoms with van der Waals surface area (Å²) in [5.41, 5.74) is 0. The number of nitrogens with zero attached hydrogens (tertiary/aromatic N) is 1. The van der Waals surface area contributed by atoms with Crippen molar-refractivity contribution in [1.29, 1.82) is 0 Å². The van der Waals surface area contributed by atoms with Crippen LogP contribution in [-0.2, 0) is 9.59 Å². The summed E-state index contributed by atoms with van der Waals surface area (Å²) in [7, 11) is 0. The molecule has 1 aliphatic heterocycles. The smallest absolute Gasteiger partial charge is 0.226 e. The van der Waals surface area contributed by atoms with Gasteiger partial charge in [0.15, 0.2) is 0 Å². The summed E-state index contributed by atoms with van der Waals surface area (Å²) in [4.78, 5) is 26.9. The fourth-order valence-electron chi connectivity index (χ4n) is 1.76. The number of nitrogens with one attached hydrogen (secondary N) is 2. The SMILES string of the molecule is Cc1cnc(C(C)NC(=O)C2CNC(=O)C2)o1. The number of carbonyl (C=O) groups is 2. The van der Waals surface area contributed by atoms with E-state index in [1.807, 2.05) is 0 Å². The first-order chi connectivity index (χ1) is 8.06. The molecule has 6 heteroatoms. The minimum absolute atomic E-state index is 0.0789. The number of hydrogen-bond donors (Lipinski definition) is 2. The number of oxazole rings is 1. The third-order valence-corrected chi connectivity index (χ3v) is 2.72. The summed E-state index contributed by atoms with van der Waals surface area (Å²) in [6, 6.07) is -0.285. The molecule has 2 atom stereocenters. The van der Waals surface area contributed by atoms with Crippen LogP contribution in [0.15, 0.2) is 10.6 Å². The van der Waals surface area contributed by atoms with Crippen LogP contribution in [0.1, 0.15) is 31.0 Å². The molecule has 1 aromatic rings. The van der Waals surface area contributed by atoms with Crippen molar-refractivity contribution in [3.8, 4) is 0 Å². The minimum atomic E-state index is -0.291. The molecule has 1 aliphatic rings. The third-order valence-electron chi connectivity index (χ3n) is 2.72. The van der Waals surface area contributed by atoms with Crippen LogP contribution in [0.25, 0.3) is 0 Å². The molecule has 0 aromatic carbocycles. The summed E-state index contributed by atoms with van der Waals surface area (Å²) < 4.78 is 5.32. The van der Waals surface area contributed by atoms with Gasteiger partial charge in [0, 0.05) is 13.0 Å². The van der Waals surface area contributed by atoms with Gasteiger partial charge in [-0.1, -0.05) is 0 Å². The van der Waals surface area contributed by atoms with E-state index in [2.05, 4.69) is 15.6 Å². The molecule has 1 aromatic heterocycles. The van der Waals surface area contributed by atoms with Gasteiger partial charge in [-0.25, -0.2) is 4.98 Å². The van der Waals surface area contributed by atoms with Crippen LogP contribution in [0.5, 0.6) is 0 Å². The number of rotatable bonds is 3. The van der Waals surface area contributed by atoms with Gasteiger partial charge in [-0.3, -0.25) is 9.59 Å². The van der Waals surface area contributed by atoms with Gasteiger partial charge in [0.25, 0.3) is 0 Å². The van der Waals surface area contributed by atoms with E-state index in [9.17, 15) is 9.59 Å². The van der Waals surface area contributed by atoms with E-state index in [1.165, 1.54) is 0 Å². The van der Waals surface area contributed by atoms with Crippen molar-refractivity contribution in [2.45, 2.75) is 26.3 Å². The highest BCUT2D eigenvalue weighted by Gasteiger charge is 2.29. The highest BCUT2D eigenvalue weighted by molar-refractivity contribution is 5.89. The van der Waals surface area contributed by atoms with Gasteiger partial charge < -0.3 is 15.1 Å². The second-order valence-corrected chi connectivity index (χ2v) is 4.24. The highest BCUT2D eigenvalue weighted by atomic mass is 16.4. The maximum Gasteiger partial charge on any atom is 0.226 e. The molecule has 2 unspecified atom stereocenters. The first-order valence-corrected chi connectivity index (χ1v) is 5.55. The van der Waals surface area contributed by atoms with Crippen molar-refractivity contribution in [1.82, 2.24) is 15.6 Å². The van der Waals surface area contributed by atoms with E-state index in [0.29, 0.717) is 18.2 Å². The third kappa shape index (κ3) is 2.64. The average Bonchev–Trinajstić information content (AvgIpc) is 2.87. The molecule has 0 aliphatic carbocycles. The number of hydrogen-bond acceptors (Lipinski definition) is 4. The molecule has 2 heterocycles. The second kappa shape index (κ2) is 4.57. The Balaban J connectivity index is 1.92. The second-order valence-electron chi connectivity index (χ2n) is 4.24. The summed E-state index contributed by atoms with van der Waals surface area (Å²) in [5, 5.41) is 5.41. The molecule has 2 rings (SSSR count). The molecule has 2 N–H and O–H groups in total. The molecule has 92 valence electrons. The van der Waals surface area contributed by atoms with Gasteiger partial charge in [-0.05, 0) is 13.8 Å². The Labute approximate surface area is 98.8 Å². The van der Waals surface area contributed by atoms with Crippen LogP contribution >= 0.6 is 0 Å². The lowest BCUT2D eigenvalue weighted by Crippen LogP contribution is -2.33. The largest absolute Gasteiger partial charge is 0.444 e. The molecule has 0 radical (unpaired) electrons. The van der Waals surface area contributed by atoms with Crippen molar-refractivity contribution < 1.29 is 14.0 Å². The summed E-state index contributed by atoms with van der Waals surface area (Å²) in [5.74, 6) is 0.671. The van der Waals surface area contributed by atoms with E-state index in [0.717, 1.165) is 0 Å². The number of aryl methyl sites for hydroxylation is 1. The van der Waals surface area contributed by atoms with Crippen LogP contribution in [0.4, 0.5) is 0 Å². The monoisotopic (exact) mass is 237 g/mol. The van der Waals surface area contributed by atoms with Crippen molar-refractivity contribution in [2.75, 3.05) is 6.54 Å². The fraction of sp³-hybridized carbons (Fsp3) is 0.545. The molecule has 0 saturated carbocycles. The number of amides is 2. The Kier molecular flexibility index (Phi) is 3.12. The topological polar surface area (TPSA) is 84.2 Å². The van der Waals surface area contributed by atoms with Gasteiger partial charge in [-0.2, -0.15) is 0 Å².